The average molecular weight is 538 g/mol. The monoisotopic (exact) mass is 537 g/mol. The Kier molecular flexibility index (Phi) is 7.03. The molecule has 2 aliphatic heterocycles. The maximum absolute atomic E-state index is 14.0. The Bertz CT molecular complexity index is 1560. The Morgan fingerprint density at radius 1 is 1.10 bits per heavy atom. The first kappa shape index (κ1) is 26.9. The third-order valence-corrected chi connectivity index (χ3v) is 7.86. The number of nitrogens with zero attached hydrogens (tertiary/aromatic N) is 3. The highest BCUT2D eigenvalue weighted by molar-refractivity contribution is 6.40. The summed E-state index contributed by atoms with van der Waals surface area (Å²) in [5, 5.41) is 7.46. The molecule has 0 unspecified atom stereocenters. The Morgan fingerprint density at radius 3 is 2.52 bits per heavy atom. The summed E-state index contributed by atoms with van der Waals surface area (Å²) in [6.45, 7) is 11.7. The van der Waals surface area contributed by atoms with Crippen molar-refractivity contribution in [3.05, 3.63) is 83.7 Å². The Morgan fingerprint density at radius 2 is 1.80 bits per heavy atom. The lowest BCUT2D eigenvalue weighted by Crippen LogP contribution is -2.53. The van der Waals surface area contributed by atoms with Crippen molar-refractivity contribution in [2.24, 2.45) is 5.92 Å². The van der Waals surface area contributed by atoms with Gasteiger partial charge in [0.15, 0.2) is 0 Å². The minimum absolute atomic E-state index is 0.0196. The minimum Gasteiger partial charge on any atom is -0.325 e. The van der Waals surface area contributed by atoms with Crippen molar-refractivity contribution in [2.75, 3.05) is 24.2 Å². The van der Waals surface area contributed by atoms with Crippen molar-refractivity contribution in [1.29, 1.82) is 0 Å². The van der Waals surface area contributed by atoms with Gasteiger partial charge in [0.2, 0.25) is 5.91 Å². The lowest BCUT2D eigenvalue weighted by molar-refractivity contribution is -0.149. The number of nitrogens with one attached hydrogen (secondary N) is 2. The van der Waals surface area contributed by atoms with Crippen molar-refractivity contribution in [2.45, 2.75) is 44.3 Å². The molecule has 40 heavy (non-hydrogen) atoms. The maximum atomic E-state index is 14.0. The average Bonchev–Trinajstić information content (AvgIpc) is 3.48. The highest BCUT2D eigenvalue weighted by atomic mass is 16.2. The van der Waals surface area contributed by atoms with Crippen LogP contribution in [0.15, 0.2) is 66.7 Å². The van der Waals surface area contributed by atoms with E-state index in [1.165, 1.54) is 11.9 Å². The number of carbonyl (C=O) groups excluding carboxylic acids is 4. The number of hydrogen-bond acceptors (Lipinski definition) is 4. The predicted molar refractivity (Wildman–Crippen MR) is 152 cm³/mol. The van der Waals surface area contributed by atoms with E-state index in [2.05, 4.69) is 15.5 Å². The van der Waals surface area contributed by atoms with Gasteiger partial charge >= 0.3 is 18.0 Å². The van der Waals surface area contributed by atoms with Gasteiger partial charge < -0.3 is 15.5 Å². The van der Waals surface area contributed by atoms with Crippen LogP contribution in [0.2, 0.25) is 0 Å². The van der Waals surface area contributed by atoms with Gasteiger partial charge in [0.25, 0.3) is 5.91 Å². The summed E-state index contributed by atoms with van der Waals surface area (Å²) in [5.41, 5.74) is 0.892. The van der Waals surface area contributed by atoms with Crippen molar-refractivity contribution in [3.8, 4) is 0 Å². The van der Waals surface area contributed by atoms with Gasteiger partial charge in [-0.25, -0.2) is 6.57 Å². The molecule has 2 heterocycles. The summed E-state index contributed by atoms with van der Waals surface area (Å²) in [6, 6.07) is 19.4. The number of amides is 4. The number of anilines is 2. The zero-order valence-electron chi connectivity index (χ0n) is 22.7. The van der Waals surface area contributed by atoms with E-state index in [0.717, 1.165) is 21.2 Å². The molecule has 3 atom stereocenters. The van der Waals surface area contributed by atoms with Gasteiger partial charge in [0, 0.05) is 25.0 Å². The number of likely N-dealkylation sites (tertiary alicyclic amines) is 1. The molecule has 1 saturated heterocycles. The second kappa shape index (κ2) is 10.5. The van der Waals surface area contributed by atoms with Crippen molar-refractivity contribution in [1.82, 2.24) is 9.80 Å². The van der Waals surface area contributed by atoms with E-state index in [4.69, 9.17) is 6.57 Å². The summed E-state index contributed by atoms with van der Waals surface area (Å²) in [7, 11) is 1.43. The van der Waals surface area contributed by atoms with E-state index < -0.39 is 35.3 Å². The van der Waals surface area contributed by atoms with Crippen LogP contribution >= 0.6 is 0 Å². The van der Waals surface area contributed by atoms with Crippen LogP contribution in [-0.4, -0.2) is 59.2 Å². The molecule has 0 aliphatic carbocycles. The van der Waals surface area contributed by atoms with E-state index in [-0.39, 0.29) is 24.8 Å². The van der Waals surface area contributed by atoms with Gasteiger partial charge in [-0.2, -0.15) is 0 Å². The van der Waals surface area contributed by atoms with Crippen LogP contribution in [0.4, 0.5) is 11.4 Å². The molecule has 5 rings (SSSR count). The largest absolute Gasteiger partial charge is 0.325 e. The summed E-state index contributed by atoms with van der Waals surface area (Å²) < 4.78 is 0. The molecule has 2 N–H and O–H groups in total. The topological polar surface area (TPSA) is 103 Å². The lowest BCUT2D eigenvalue weighted by atomic mass is 9.80. The van der Waals surface area contributed by atoms with Crippen LogP contribution in [0, 0.1) is 12.5 Å². The van der Waals surface area contributed by atoms with E-state index in [1.807, 2.05) is 68.4 Å². The standard InChI is InChI=1S/C31H31N5O4/c1-19(2)15-25(35(4)29(39)27(37)33-22-14-13-20-9-5-6-10-21(20)16-22)28(38)36-18-31(17-26(36)32-3)23-11-7-8-12-24(23)34-30(31)40/h5-14,16,19,25-26H,15,17-18H2,1-2,4H3,(H,33,37)(H,34,40)/t25-,26-,31-/m0/s1. The highest BCUT2D eigenvalue weighted by Crippen LogP contribution is 2.47. The molecule has 1 fully saturated rings. The number of hydrogen-bond donors (Lipinski definition) is 2. The van der Waals surface area contributed by atoms with E-state index >= 15 is 0 Å². The summed E-state index contributed by atoms with van der Waals surface area (Å²) in [5.74, 6) is -2.38. The van der Waals surface area contributed by atoms with Crippen molar-refractivity contribution in [3.63, 3.8) is 0 Å². The van der Waals surface area contributed by atoms with Crippen LogP contribution < -0.4 is 10.6 Å². The van der Waals surface area contributed by atoms with Crippen LogP contribution in [-0.2, 0) is 24.6 Å². The summed E-state index contributed by atoms with van der Waals surface area (Å²) >= 11 is 0. The Balaban J connectivity index is 1.37. The predicted octanol–water partition coefficient (Wildman–Crippen LogP) is 4.02. The van der Waals surface area contributed by atoms with Crippen molar-refractivity contribution >= 4 is 45.8 Å². The highest BCUT2D eigenvalue weighted by Gasteiger charge is 2.59. The molecule has 3 aromatic rings. The maximum Gasteiger partial charge on any atom is 0.313 e. The molecule has 9 nitrogen and oxygen atoms in total. The van der Waals surface area contributed by atoms with Crippen LogP contribution in [0.1, 0.15) is 32.3 Å². The first-order chi connectivity index (χ1) is 19.1. The zero-order valence-corrected chi connectivity index (χ0v) is 22.7. The molecule has 4 amide bonds. The molecular weight excluding hydrogens is 506 g/mol. The fourth-order valence-electron chi connectivity index (χ4n) is 5.77. The van der Waals surface area contributed by atoms with Gasteiger partial charge in [0.05, 0.1) is 6.42 Å². The second-order valence-corrected chi connectivity index (χ2v) is 10.9. The summed E-state index contributed by atoms with van der Waals surface area (Å²) in [4.78, 5) is 59.7. The molecule has 0 radical (unpaired) electrons. The first-order valence-electron chi connectivity index (χ1n) is 13.3. The molecule has 204 valence electrons. The van der Waals surface area contributed by atoms with Gasteiger partial charge in [-0.1, -0.05) is 62.4 Å². The SMILES string of the molecule is [C-]#[N+][C@@H]1C[C@@]2(CN1C(=O)[C@H](CC(C)C)N(C)C(=O)C(=O)Nc1ccc3ccccc3c1)C(=O)Nc1ccccc12. The molecule has 2 aliphatic rings. The molecule has 0 aromatic heterocycles. The Labute approximate surface area is 233 Å². The van der Waals surface area contributed by atoms with Gasteiger partial charge in [-0.15, -0.1) is 0 Å². The number of rotatable bonds is 5. The molecule has 1 spiro atoms. The van der Waals surface area contributed by atoms with E-state index in [9.17, 15) is 19.2 Å². The van der Waals surface area contributed by atoms with Crippen LogP contribution in [0.3, 0.4) is 0 Å². The molecule has 0 saturated carbocycles. The Hall–Kier alpha value is -4.71. The second-order valence-electron chi connectivity index (χ2n) is 10.9. The molecular formula is C31H31N5O4. The smallest absolute Gasteiger partial charge is 0.313 e. The van der Waals surface area contributed by atoms with Crippen LogP contribution in [0.5, 0.6) is 0 Å². The zero-order chi connectivity index (χ0) is 28.6. The lowest BCUT2D eigenvalue weighted by Gasteiger charge is -2.31. The molecule has 3 aromatic carbocycles. The number of para-hydroxylation sites is 1. The first-order valence-corrected chi connectivity index (χ1v) is 13.3. The molecule has 9 heteroatoms. The third kappa shape index (κ3) is 4.66. The number of fused-ring (bicyclic) bond motifs is 3. The summed E-state index contributed by atoms with van der Waals surface area (Å²) in [6.07, 6.45) is -0.407. The van der Waals surface area contributed by atoms with Gasteiger partial charge in [0.1, 0.15) is 11.5 Å². The fraction of sp³-hybridized carbons (Fsp3) is 0.323. The molecule has 0 bridgehead atoms. The van der Waals surface area contributed by atoms with Crippen molar-refractivity contribution < 1.29 is 19.2 Å². The van der Waals surface area contributed by atoms with Crippen LogP contribution in [0.25, 0.3) is 15.6 Å². The quantitative estimate of drug-likeness (QED) is 0.379. The number of benzene rings is 3. The van der Waals surface area contributed by atoms with Gasteiger partial charge in [-0.05, 0) is 46.9 Å². The number of likely N-dealkylation sites (N-methyl/N-ethyl adjacent to an activating group) is 1. The fourth-order valence-corrected chi connectivity index (χ4v) is 5.77. The van der Waals surface area contributed by atoms with E-state index in [1.54, 1.807) is 12.1 Å². The minimum atomic E-state index is -1.03. The third-order valence-electron chi connectivity index (χ3n) is 7.86. The van der Waals surface area contributed by atoms with E-state index in [0.29, 0.717) is 17.8 Å². The van der Waals surface area contributed by atoms with Gasteiger partial charge in [-0.3, -0.25) is 28.9 Å². The number of carbonyl (C=O) groups is 4. The normalized spacial score (nSPS) is 20.2.